The van der Waals surface area contributed by atoms with Crippen LogP contribution in [0.5, 0.6) is 0 Å². The number of anilines is 2. The molecule has 1 fully saturated rings. The SMILES string of the molecule is Cc1cc(C)nc(N2CCCC(Nc3cc(C(F)(F)F)ncn3)C2)n1. The number of halogens is 3. The molecule has 25 heavy (non-hydrogen) atoms. The monoisotopic (exact) mass is 352 g/mol. The van der Waals surface area contributed by atoms with Gasteiger partial charge in [-0.25, -0.2) is 19.9 Å². The highest BCUT2D eigenvalue weighted by Gasteiger charge is 2.33. The van der Waals surface area contributed by atoms with Gasteiger partial charge in [0.05, 0.1) is 0 Å². The minimum atomic E-state index is -4.48. The van der Waals surface area contributed by atoms with Crippen LogP contribution in [0.1, 0.15) is 29.9 Å². The Labute approximate surface area is 143 Å². The molecule has 2 aromatic heterocycles. The topological polar surface area (TPSA) is 66.8 Å². The zero-order chi connectivity index (χ0) is 18.0. The van der Waals surface area contributed by atoms with Crippen LogP contribution in [0.3, 0.4) is 0 Å². The molecule has 1 aliphatic rings. The van der Waals surface area contributed by atoms with Crippen LogP contribution in [0.4, 0.5) is 24.9 Å². The lowest BCUT2D eigenvalue weighted by Gasteiger charge is -2.33. The lowest BCUT2D eigenvalue weighted by Crippen LogP contribution is -2.43. The molecule has 0 spiro atoms. The van der Waals surface area contributed by atoms with Crippen LogP contribution in [0.15, 0.2) is 18.5 Å². The maximum atomic E-state index is 12.8. The van der Waals surface area contributed by atoms with Crippen LogP contribution < -0.4 is 10.2 Å². The fourth-order valence-electron chi connectivity index (χ4n) is 2.93. The highest BCUT2D eigenvalue weighted by Crippen LogP contribution is 2.28. The Bertz CT molecular complexity index is 729. The fourth-order valence-corrected chi connectivity index (χ4v) is 2.93. The third kappa shape index (κ3) is 4.34. The van der Waals surface area contributed by atoms with Gasteiger partial charge in [-0.1, -0.05) is 0 Å². The molecule has 6 nitrogen and oxygen atoms in total. The van der Waals surface area contributed by atoms with Crippen molar-refractivity contribution >= 4 is 11.8 Å². The lowest BCUT2D eigenvalue weighted by atomic mass is 10.1. The molecule has 134 valence electrons. The van der Waals surface area contributed by atoms with E-state index in [2.05, 4.69) is 25.3 Å². The highest BCUT2D eigenvalue weighted by atomic mass is 19.4. The average Bonchev–Trinajstić information content (AvgIpc) is 2.54. The molecule has 0 aromatic carbocycles. The summed E-state index contributed by atoms with van der Waals surface area (Å²) in [5.41, 5.74) is 0.835. The van der Waals surface area contributed by atoms with Crippen molar-refractivity contribution in [3.05, 3.63) is 35.5 Å². The predicted octanol–water partition coefficient (Wildman–Crippen LogP) is 2.98. The molecule has 1 atom stereocenters. The second kappa shape index (κ2) is 6.81. The van der Waals surface area contributed by atoms with Gasteiger partial charge in [0.25, 0.3) is 0 Å². The summed E-state index contributed by atoms with van der Waals surface area (Å²) < 4.78 is 38.3. The summed E-state index contributed by atoms with van der Waals surface area (Å²) in [5.74, 6) is 0.832. The van der Waals surface area contributed by atoms with E-state index in [0.29, 0.717) is 12.5 Å². The Morgan fingerprint density at radius 1 is 1.12 bits per heavy atom. The number of hydrogen-bond acceptors (Lipinski definition) is 6. The van der Waals surface area contributed by atoms with Crippen LogP contribution in [-0.4, -0.2) is 39.1 Å². The molecule has 0 radical (unpaired) electrons. The zero-order valence-corrected chi connectivity index (χ0v) is 14.0. The summed E-state index contributed by atoms with van der Waals surface area (Å²) in [7, 11) is 0. The third-order valence-electron chi connectivity index (χ3n) is 3.98. The Morgan fingerprint density at radius 3 is 2.52 bits per heavy atom. The largest absolute Gasteiger partial charge is 0.433 e. The van der Waals surface area contributed by atoms with Crippen LogP contribution in [-0.2, 0) is 6.18 Å². The van der Waals surface area contributed by atoms with Crippen LogP contribution in [0, 0.1) is 13.8 Å². The van der Waals surface area contributed by atoms with Crippen molar-refractivity contribution in [1.29, 1.82) is 0 Å². The Kier molecular flexibility index (Phi) is 4.73. The Balaban J connectivity index is 1.72. The first-order valence-corrected chi connectivity index (χ1v) is 8.04. The van der Waals surface area contributed by atoms with E-state index in [-0.39, 0.29) is 11.9 Å². The first-order chi connectivity index (χ1) is 11.8. The van der Waals surface area contributed by atoms with E-state index in [0.717, 1.165) is 43.2 Å². The van der Waals surface area contributed by atoms with Gasteiger partial charge in [0.15, 0.2) is 0 Å². The van der Waals surface area contributed by atoms with Gasteiger partial charge in [-0.2, -0.15) is 13.2 Å². The minimum absolute atomic E-state index is 0.0332. The highest BCUT2D eigenvalue weighted by molar-refractivity contribution is 5.39. The van der Waals surface area contributed by atoms with E-state index in [1.165, 1.54) is 0 Å². The van der Waals surface area contributed by atoms with Crippen molar-refractivity contribution in [2.24, 2.45) is 0 Å². The standard InChI is InChI=1S/C16H19F3N6/c1-10-6-11(2)23-15(22-10)25-5-3-4-12(8-25)24-14-7-13(16(17,18)19)20-9-21-14/h6-7,9,12H,3-5,8H2,1-2H3,(H,20,21,24). The molecule has 0 aliphatic carbocycles. The molecule has 3 heterocycles. The van der Waals surface area contributed by atoms with Crippen molar-refractivity contribution < 1.29 is 13.2 Å². The molecule has 2 aromatic rings. The van der Waals surface area contributed by atoms with Gasteiger partial charge in [0, 0.05) is 36.6 Å². The van der Waals surface area contributed by atoms with Crippen molar-refractivity contribution in [1.82, 2.24) is 19.9 Å². The molecule has 9 heteroatoms. The number of rotatable bonds is 3. The summed E-state index contributed by atoms with van der Waals surface area (Å²) in [4.78, 5) is 18.1. The molecule has 1 saturated heterocycles. The molecule has 0 amide bonds. The summed E-state index contributed by atoms with van der Waals surface area (Å²) >= 11 is 0. The molecular formula is C16H19F3N6. The number of aromatic nitrogens is 4. The van der Waals surface area contributed by atoms with E-state index < -0.39 is 11.9 Å². The average molecular weight is 352 g/mol. The number of nitrogens with one attached hydrogen (secondary N) is 1. The van der Waals surface area contributed by atoms with E-state index in [1.54, 1.807) is 0 Å². The summed E-state index contributed by atoms with van der Waals surface area (Å²) in [6, 6.07) is 2.81. The second-order valence-electron chi connectivity index (χ2n) is 6.17. The molecule has 1 unspecified atom stereocenters. The van der Waals surface area contributed by atoms with Gasteiger partial charge in [0.2, 0.25) is 5.95 Å². The summed E-state index contributed by atoms with van der Waals surface area (Å²) in [6.45, 7) is 5.25. The van der Waals surface area contributed by atoms with Gasteiger partial charge in [-0.15, -0.1) is 0 Å². The molecular weight excluding hydrogens is 333 g/mol. The quantitative estimate of drug-likeness (QED) is 0.916. The van der Waals surface area contributed by atoms with Gasteiger partial charge >= 0.3 is 6.18 Å². The summed E-state index contributed by atoms with van der Waals surface area (Å²) in [5, 5.41) is 3.07. The smallest absolute Gasteiger partial charge is 0.365 e. The van der Waals surface area contributed by atoms with E-state index >= 15 is 0 Å². The normalized spacial score (nSPS) is 18.3. The molecule has 0 saturated carbocycles. The third-order valence-corrected chi connectivity index (χ3v) is 3.98. The van der Waals surface area contributed by atoms with Gasteiger partial charge < -0.3 is 10.2 Å². The lowest BCUT2D eigenvalue weighted by molar-refractivity contribution is -0.141. The molecule has 1 N–H and O–H groups in total. The summed E-state index contributed by atoms with van der Waals surface area (Å²) in [6.07, 6.45) is -1.82. The van der Waals surface area contributed by atoms with Gasteiger partial charge in [-0.3, -0.25) is 0 Å². The Morgan fingerprint density at radius 2 is 1.84 bits per heavy atom. The molecule has 3 rings (SSSR count). The van der Waals surface area contributed by atoms with Crippen molar-refractivity contribution in [2.75, 3.05) is 23.3 Å². The maximum Gasteiger partial charge on any atom is 0.433 e. The number of aryl methyl sites for hydroxylation is 2. The number of piperidine rings is 1. The van der Waals surface area contributed by atoms with Crippen LogP contribution >= 0.6 is 0 Å². The molecule has 0 bridgehead atoms. The van der Waals surface area contributed by atoms with E-state index in [1.807, 2.05) is 24.8 Å². The zero-order valence-electron chi connectivity index (χ0n) is 14.0. The number of nitrogens with zero attached hydrogens (tertiary/aromatic N) is 5. The maximum absolute atomic E-state index is 12.8. The van der Waals surface area contributed by atoms with Crippen molar-refractivity contribution in [3.63, 3.8) is 0 Å². The van der Waals surface area contributed by atoms with Crippen LogP contribution in [0.25, 0.3) is 0 Å². The van der Waals surface area contributed by atoms with Crippen molar-refractivity contribution in [3.8, 4) is 0 Å². The Hall–Kier alpha value is -2.45. The van der Waals surface area contributed by atoms with Crippen LogP contribution in [0.2, 0.25) is 0 Å². The number of alkyl halides is 3. The number of hydrogen-bond donors (Lipinski definition) is 1. The van der Waals surface area contributed by atoms with Gasteiger partial charge in [-0.05, 0) is 32.8 Å². The second-order valence-corrected chi connectivity index (χ2v) is 6.17. The fraction of sp³-hybridized carbons (Fsp3) is 0.500. The van der Waals surface area contributed by atoms with E-state index in [4.69, 9.17) is 0 Å². The van der Waals surface area contributed by atoms with Crippen molar-refractivity contribution in [2.45, 2.75) is 38.9 Å². The first kappa shape index (κ1) is 17.4. The van der Waals surface area contributed by atoms with Gasteiger partial charge in [0.1, 0.15) is 17.8 Å². The van der Waals surface area contributed by atoms with E-state index in [9.17, 15) is 13.2 Å². The first-order valence-electron chi connectivity index (χ1n) is 8.04. The minimum Gasteiger partial charge on any atom is -0.365 e. The molecule has 1 aliphatic heterocycles. The predicted molar refractivity (Wildman–Crippen MR) is 87.4 cm³/mol.